The average molecular weight is 416 g/mol. The van der Waals surface area contributed by atoms with Crippen LogP contribution in [-0.2, 0) is 22.4 Å². The van der Waals surface area contributed by atoms with Gasteiger partial charge < -0.3 is 9.64 Å². The Labute approximate surface area is 174 Å². The van der Waals surface area contributed by atoms with Gasteiger partial charge in [0.25, 0.3) is 5.91 Å². The number of ether oxygens (including phenoxy) is 1. The summed E-state index contributed by atoms with van der Waals surface area (Å²) >= 11 is 3.31. The number of carbonyl (C=O) groups excluding carboxylic acids is 2. The van der Waals surface area contributed by atoms with Gasteiger partial charge in [0.1, 0.15) is 4.88 Å². The minimum Gasteiger partial charge on any atom is -0.451 e. The highest BCUT2D eigenvalue weighted by Gasteiger charge is 2.26. The van der Waals surface area contributed by atoms with Crippen LogP contribution < -0.4 is 4.90 Å². The Morgan fingerprint density at radius 2 is 2.04 bits per heavy atom. The number of esters is 1. The zero-order valence-electron chi connectivity index (χ0n) is 16.3. The number of carbonyl (C=O) groups is 2. The van der Waals surface area contributed by atoms with Crippen LogP contribution in [0.3, 0.4) is 0 Å². The second-order valence-electron chi connectivity index (χ2n) is 7.71. The van der Waals surface area contributed by atoms with Gasteiger partial charge in [0.15, 0.2) is 6.61 Å². The molecule has 0 fully saturated rings. The molecule has 4 nitrogen and oxygen atoms in total. The molecule has 1 aromatic carbocycles. The summed E-state index contributed by atoms with van der Waals surface area (Å²) in [7, 11) is 0. The third kappa shape index (κ3) is 4.13. The van der Waals surface area contributed by atoms with Crippen molar-refractivity contribution in [1.29, 1.82) is 0 Å². The number of aryl methyl sites for hydroxylation is 1. The molecule has 1 amide bonds. The number of hydrogen-bond acceptors (Lipinski definition) is 5. The first-order chi connectivity index (χ1) is 13.5. The topological polar surface area (TPSA) is 46.6 Å². The molecule has 0 N–H and O–H groups in total. The molecular weight excluding hydrogens is 390 g/mol. The molecule has 0 saturated carbocycles. The Kier molecular flexibility index (Phi) is 5.78. The summed E-state index contributed by atoms with van der Waals surface area (Å²) in [4.78, 5) is 30.1. The maximum atomic E-state index is 12.8. The van der Waals surface area contributed by atoms with E-state index in [0.29, 0.717) is 22.6 Å². The minimum absolute atomic E-state index is 0.162. The summed E-state index contributed by atoms with van der Waals surface area (Å²) < 4.78 is 5.40. The maximum Gasteiger partial charge on any atom is 0.348 e. The molecule has 148 valence electrons. The average Bonchev–Trinajstić information content (AvgIpc) is 3.02. The summed E-state index contributed by atoms with van der Waals surface area (Å²) in [6.45, 7) is 4.85. The zero-order chi connectivity index (χ0) is 19.7. The fraction of sp³-hybridized carbons (Fsp3) is 0.455. The van der Waals surface area contributed by atoms with Crippen molar-refractivity contribution >= 4 is 40.7 Å². The maximum absolute atomic E-state index is 12.8. The van der Waals surface area contributed by atoms with Crippen molar-refractivity contribution in [2.24, 2.45) is 5.92 Å². The fourth-order valence-corrected chi connectivity index (χ4v) is 6.04. The van der Waals surface area contributed by atoms with E-state index < -0.39 is 0 Å². The zero-order valence-corrected chi connectivity index (χ0v) is 17.9. The summed E-state index contributed by atoms with van der Waals surface area (Å²) in [5.74, 6) is 0.118. The van der Waals surface area contributed by atoms with E-state index in [1.165, 1.54) is 28.2 Å². The van der Waals surface area contributed by atoms with Crippen LogP contribution in [0, 0.1) is 5.92 Å². The SMILES string of the molecule is C[C@H]1CCc2sc(C(=O)OCC(=O)N3CC[C@@H](C)Sc4ccccc43)cc2C1. The van der Waals surface area contributed by atoms with E-state index in [2.05, 4.69) is 13.8 Å². The second-order valence-corrected chi connectivity index (χ2v) is 10.3. The molecule has 2 aromatic rings. The predicted octanol–water partition coefficient (Wildman–Crippen LogP) is 4.95. The molecule has 4 rings (SSSR count). The van der Waals surface area contributed by atoms with Crippen molar-refractivity contribution in [3.05, 3.63) is 45.6 Å². The van der Waals surface area contributed by atoms with Gasteiger partial charge in [0.05, 0.1) is 5.69 Å². The van der Waals surface area contributed by atoms with Crippen LogP contribution in [-0.4, -0.2) is 30.3 Å². The Balaban J connectivity index is 1.42. The van der Waals surface area contributed by atoms with Gasteiger partial charge in [-0.3, -0.25) is 4.79 Å². The molecule has 0 unspecified atom stereocenters. The van der Waals surface area contributed by atoms with Gasteiger partial charge in [-0.1, -0.05) is 26.0 Å². The monoisotopic (exact) mass is 415 g/mol. The van der Waals surface area contributed by atoms with E-state index >= 15 is 0 Å². The molecule has 0 spiro atoms. The number of para-hydroxylation sites is 1. The number of thioether (sulfide) groups is 1. The molecule has 2 aliphatic rings. The molecule has 0 radical (unpaired) electrons. The van der Waals surface area contributed by atoms with Crippen LogP contribution in [0.5, 0.6) is 0 Å². The predicted molar refractivity (Wildman–Crippen MR) is 115 cm³/mol. The third-order valence-electron chi connectivity index (χ3n) is 5.40. The molecule has 28 heavy (non-hydrogen) atoms. The molecule has 2 atom stereocenters. The normalized spacial score (nSPS) is 21.4. The van der Waals surface area contributed by atoms with Crippen LogP contribution in [0.1, 0.15) is 46.8 Å². The van der Waals surface area contributed by atoms with E-state index in [9.17, 15) is 9.59 Å². The quantitative estimate of drug-likeness (QED) is 0.666. The van der Waals surface area contributed by atoms with Crippen molar-refractivity contribution in [3.63, 3.8) is 0 Å². The largest absolute Gasteiger partial charge is 0.451 e. The van der Waals surface area contributed by atoms with Crippen LogP contribution in [0.15, 0.2) is 35.2 Å². The molecular formula is C22H25NO3S2. The number of rotatable bonds is 3. The number of anilines is 1. The number of amides is 1. The number of thiophene rings is 1. The van der Waals surface area contributed by atoms with Gasteiger partial charge in [-0.2, -0.15) is 0 Å². The summed E-state index contributed by atoms with van der Waals surface area (Å²) in [5, 5.41) is 0.446. The lowest BCUT2D eigenvalue weighted by atomic mass is 9.90. The highest BCUT2D eigenvalue weighted by atomic mass is 32.2. The summed E-state index contributed by atoms with van der Waals surface area (Å²) in [6, 6.07) is 9.91. The Hall–Kier alpha value is -1.79. The van der Waals surface area contributed by atoms with Crippen molar-refractivity contribution in [2.45, 2.75) is 49.7 Å². The Morgan fingerprint density at radius 3 is 2.89 bits per heavy atom. The third-order valence-corrected chi connectivity index (χ3v) is 7.86. The van der Waals surface area contributed by atoms with Crippen LogP contribution in [0.25, 0.3) is 0 Å². The summed E-state index contributed by atoms with van der Waals surface area (Å²) in [6.07, 6.45) is 4.15. The number of nitrogens with zero attached hydrogens (tertiary/aromatic N) is 1. The Morgan fingerprint density at radius 1 is 1.21 bits per heavy atom. The van der Waals surface area contributed by atoms with Crippen molar-refractivity contribution in [1.82, 2.24) is 0 Å². The second kappa shape index (κ2) is 8.29. The molecule has 2 heterocycles. The van der Waals surface area contributed by atoms with E-state index in [1.54, 1.807) is 16.7 Å². The smallest absolute Gasteiger partial charge is 0.348 e. The van der Waals surface area contributed by atoms with Crippen LogP contribution in [0.4, 0.5) is 5.69 Å². The van der Waals surface area contributed by atoms with E-state index in [0.717, 1.165) is 29.8 Å². The van der Waals surface area contributed by atoms with E-state index in [-0.39, 0.29) is 18.5 Å². The molecule has 1 aliphatic carbocycles. The first-order valence-corrected chi connectivity index (χ1v) is 11.6. The molecule has 1 aliphatic heterocycles. The Bertz CT molecular complexity index is 892. The van der Waals surface area contributed by atoms with Crippen LogP contribution in [0.2, 0.25) is 0 Å². The minimum atomic E-state index is -0.383. The van der Waals surface area contributed by atoms with Gasteiger partial charge in [-0.05, 0) is 55.4 Å². The van der Waals surface area contributed by atoms with E-state index in [4.69, 9.17) is 4.74 Å². The first kappa shape index (κ1) is 19.5. The lowest BCUT2D eigenvalue weighted by Crippen LogP contribution is -2.35. The van der Waals surface area contributed by atoms with Gasteiger partial charge >= 0.3 is 5.97 Å². The molecule has 0 saturated heterocycles. The highest BCUT2D eigenvalue weighted by Crippen LogP contribution is 2.37. The lowest BCUT2D eigenvalue weighted by molar-refractivity contribution is -0.121. The van der Waals surface area contributed by atoms with Gasteiger partial charge in [-0.15, -0.1) is 23.1 Å². The van der Waals surface area contributed by atoms with Crippen LogP contribution >= 0.6 is 23.1 Å². The fourth-order valence-electron chi connectivity index (χ4n) is 3.83. The van der Waals surface area contributed by atoms with Gasteiger partial charge in [0.2, 0.25) is 0 Å². The summed E-state index contributed by atoms with van der Waals surface area (Å²) in [5.41, 5.74) is 2.19. The van der Waals surface area contributed by atoms with Gasteiger partial charge in [0, 0.05) is 21.6 Å². The molecule has 1 aromatic heterocycles. The van der Waals surface area contributed by atoms with Crippen molar-refractivity contribution in [2.75, 3.05) is 18.1 Å². The number of hydrogen-bond donors (Lipinski definition) is 0. The standard InChI is InChI=1S/C22H25NO3S2/c1-14-7-8-18-16(11-14)12-20(28-18)22(25)26-13-21(24)23-10-9-15(2)27-19-6-4-3-5-17(19)23/h3-6,12,14-15H,7-11,13H2,1-2H3/t14-,15+/m0/s1. The highest BCUT2D eigenvalue weighted by molar-refractivity contribution is 8.00. The number of fused-ring (bicyclic) bond motifs is 2. The molecule has 0 bridgehead atoms. The van der Waals surface area contributed by atoms with Crippen molar-refractivity contribution in [3.8, 4) is 0 Å². The van der Waals surface area contributed by atoms with E-state index in [1.807, 2.05) is 30.3 Å². The first-order valence-electron chi connectivity index (χ1n) is 9.86. The van der Waals surface area contributed by atoms with Gasteiger partial charge in [-0.25, -0.2) is 4.79 Å². The number of benzene rings is 1. The van der Waals surface area contributed by atoms with Crippen molar-refractivity contribution < 1.29 is 14.3 Å². The lowest BCUT2D eigenvalue weighted by Gasteiger charge is -2.22. The molecule has 6 heteroatoms.